The average Bonchev–Trinajstić information content (AvgIpc) is 2.55. The largest absolute Gasteiger partial charge is 0.298 e. The zero-order chi connectivity index (χ0) is 11.8. The van der Waals surface area contributed by atoms with E-state index in [0.717, 1.165) is 6.42 Å². The Labute approximate surface area is 94.9 Å². The first-order valence-electron chi connectivity index (χ1n) is 5.51. The Morgan fingerprint density at radius 2 is 2.25 bits per heavy atom. The number of rotatable bonds is 2. The highest BCUT2D eigenvalue weighted by atomic mass is 16.2. The highest BCUT2D eigenvalue weighted by molar-refractivity contribution is 6.12. The quantitative estimate of drug-likeness (QED) is 0.564. The van der Waals surface area contributed by atoms with Gasteiger partial charge in [0.2, 0.25) is 0 Å². The van der Waals surface area contributed by atoms with Gasteiger partial charge in [0, 0.05) is 23.4 Å². The third kappa shape index (κ3) is 1.77. The Hall–Kier alpha value is -1.51. The van der Waals surface area contributed by atoms with Crippen LogP contribution < -0.4 is 0 Å². The van der Waals surface area contributed by atoms with Crippen molar-refractivity contribution in [2.75, 3.05) is 0 Å². The van der Waals surface area contributed by atoms with Crippen LogP contribution in [0.2, 0.25) is 0 Å². The molecule has 3 nitrogen and oxygen atoms in total. The Morgan fingerprint density at radius 3 is 2.75 bits per heavy atom. The van der Waals surface area contributed by atoms with E-state index in [9.17, 15) is 9.59 Å². The van der Waals surface area contributed by atoms with Crippen LogP contribution in [0.25, 0.3) is 0 Å². The SMILES string of the molecule is CC1(C)CCC(C(=O)c2cccnc2)C1=O. The van der Waals surface area contributed by atoms with Crippen molar-refractivity contribution >= 4 is 11.6 Å². The lowest BCUT2D eigenvalue weighted by Gasteiger charge is -2.15. The van der Waals surface area contributed by atoms with Gasteiger partial charge in [0.05, 0.1) is 5.92 Å². The van der Waals surface area contributed by atoms with E-state index in [4.69, 9.17) is 0 Å². The monoisotopic (exact) mass is 217 g/mol. The van der Waals surface area contributed by atoms with Crippen LogP contribution in [0.4, 0.5) is 0 Å². The van der Waals surface area contributed by atoms with Crippen LogP contribution in [0.1, 0.15) is 37.0 Å². The molecule has 0 bridgehead atoms. The topological polar surface area (TPSA) is 47.0 Å². The minimum Gasteiger partial charge on any atom is -0.298 e. The number of hydrogen-bond donors (Lipinski definition) is 0. The second-order valence-corrected chi connectivity index (χ2v) is 4.95. The predicted molar refractivity (Wildman–Crippen MR) is 60.1 cm³/mol. The molecule has 1 unspecified atom stereocenters. The van der Waals surface area contributed by atoms with Crippen molar-refractivity contribution in [3.63, 3.8) is 0 Å². The van der Waals surface area contributed by atoms with Crippen LogP contribution in [0, 0.1) is 11.3 Å². The molecule has 84 valence electrons. The van der Waals surface area contributed by atoms with Crippen molar-refractivity contribution in [1.82, 2.24) is 4.98 Å². The van der Waals surface area contributed by atoms with E-state index in [0.29, 0.717) is 12.0 Å². The first kappa shape index (κ1) is 11.0. The molecule has 3 heteroatoms. The van der Waals surface area contributed by atoms with Crippen LogP contribution in [-0.2, 0) is 4.79 Å². The number of carbonyl (C=O) groups is 2. The fraction of sp³-hybridized carbons (Fsp3) is 0.462. The van der Waals surface area contributed by atoms with Gasteiger partial charge in [-0.1, -0.05) is 13.8 Å². The van der Waals surface area contributed by atoms with Crippen molar-refractivity contribution in [3.8, 4) is 0 Å². The third-order valence-electron chi connectivity index (χ3n) is 3.30. The van der Waals surface area contributed by atoms with Crippen LogP contribution in [-0.4, -0.2) is 16.6 Å². The molecule has 1 aromatic heterocycles. The normalized spacial score (nSPS) is 23.4. The van der Waals surface area contributed by atoms with E-state index in [1.54, 1.807) is 18.3 Å². The van der Waals surface area contributed by atoms with Gasteiger partial charge in [0.1, 0.15) is 5.78 Å². The van der Waals surface area contributed by atoms with Crippen molar-refractivity contribution in [1.29, 1.82) is 0 Å². The molecular formula is C13H15NO2. The highest BCUT2D eigenvalue weighted by Crippen LogP contribution is 2.38. The summed E-state index contributed by atoms with van der Waals surface area (Å²) in [7, 11) is 0. The fourth-order valence-electron chi connectivity index (χ4n) is 2.19. The summed E-state index contributed by atoms with van der Waals surface area (Å²) in [4.78, 5) is 28.0. The molecule has 1 aliphatic rings. The van der Waals surface area contributed by atoms with E-state index < -0.39 is 5.92 Å². The second kappa shape index (κ2) is 3.81. The molecule has 0 saturated heterocycles. The molecule has 1 aliphatic carbocycles. The Bertz CT molecular complexity index is 423. The van der Waals surface area contributed by atoms with E-state index in [1.165, 1.54) is 6.20 Å². The number of hydrogen-bond acceptors (Lipinski definition) is 3. The van der Waals surface area contributed by atoms with Crippen LogP contribution in [0.5, 0.6) is 0 Å². The lowest BCUT2D eigenvalue weighted by molar-refractivity contribution is -0.126. The smallest absolute Gasteiger partial charge is 0.174 e. The third-order valence-corrected chi connectivity index (χ3v) is 3.30. The molecule has 0 radical (unpaired) electrons. The van der Waals surface area contributed by atoms with Crippen molar-refractivity contribution in [2.24, 2.45) is 11.3 Å². The molecular weight excluding hydrogens is 202 g/mol. The maximum atomic E-state index is 12.1. The second-order valence-electron chi connectivity index (χ2n) is 4.95. The molecule has 1 fully saturated rings. The van der Waals surface area contributed by atoms with Crippen LogP contribution >= 0.6 is 0 Å². The summed E-state index contributed by atoms with van der Waals surface area (Å²) in [5, 5.41) is 0. The Balaban J connectivity index is 2.23. The minimum atomic E-state index is -0.459. The zero-order valence-corrected chi connectivity index (χ0v) is 9.56. The number of aromatic nitrogens is 1. The predicted octanol–water partition coefficient (Wildman–Crippen LogP) is 2.27. The summed E-state index contributed by atoms with van der Waals surface area (Å²) in [6.07, 6.45) is 4.61. The number of carbonyl (C=O) groups excluding carboxylic acids is 2. The van der Waals surface area contributed by atoms with Gasteiger partial charge in [-0.2, -0.15) is 0 Å². The molecule has 0 N–H and O–H groups in total. The van der Waals surface area contributed by atoms with Gasteiger partial charge < -0.3 is 0 Å². The molecule has 16 heavy (non-hydrogen) atoms. The lowest BCUT2D eigenvalue weighted by Crippen LogP contribution is -2.26. The molecule has 0 aromatic carbocycles. The number of pyridine rings is 1. The molecule has 0 amide bonds. The van der Waals surface area contributed by atoms with Crippen molar-refractivity contribution in [3.05, 3.63) is 30.1 Å². The van der Waals surface area contributed by atoms with Gasteiger partial charge in [0.25, 0.3) is 0 Å². The standard InChI is InChI=1S/C13H15NO2/c1-13(2)6-5-10(12(13)16)11(15)9-4-3-7-14-8-9/h3-4,7-8,10H,5-6H2,1-2H3. The molecule has 1 aromatic rings. The van der Waals surface area contributed by atoms with E-state index in [2.05, 4.69) is 4.98 Å². The number of Topliss-reactive ketones (excluding diaryl/α,β-unsaturated/α-hetero) is 2. The summed E-state index contributed by atoms with van der Waals surface area (Å²) in [6.45, 7) is 3.82. The molecule has 1 atom stereocenters. The molecule has 0 aliphatic heterocycles. The molecule has 1 saturated carbocycles. The zero-order valence-electron chi connectivity index (χ0n) is 9.56. The number of ketones is 2. The van der Waals surface area contributed by atoms with Gasteiger partial charge in [-0.05, 0) is 25.0 Å². The van der Waals surface area contributed by atoms with Gasteiger partial charge in [-0.3, -0.25) is 14.6 Å². The van der Waals surface area contributed by atoms with E-state index in [1.807, 2.05) is 13.8 Å². The number of nitrogens with zero attached hydrogens (tertiary/aromatic N) is 1. The van der Waals surface area contributed by atoms with Crippen molar-refractivity contribution < 1.29 is 9.59 Å². The maximum absolute atomic E-state index is 12.1. The summed E-state index contributed by atoms with van der Waals surface area (Å²) < 4.78 is 0. The Kier molecular flexibility index (Phi) is 2.62. The molecule has 0 spiro atoms. The van der Waals surface area contributed by atoms with Crippen LogP contribution in [0.15, 0.2) is 24.5 Å². The maximum Gasteiger partial charge on any atom is 0.174 e. The molecule has 1 heterocycles. The van der Waals surface area contributed by atoms with Gasteiger partial charge in [-0.15, -0.1) is 0 Å². The van der Waals surface area contributed by atoms with Gasteiger partial charge in [0.15, 0.2) is 5.78 Å². The summed E-state index contributed by atoms with van der Waals surface area (Å²) in [6, 6.07) is 3.44. The molecule has 2 rings (SSSR count). The fourth-order valence-corrected chi connectivity index (χ4v) is 2.19. The Morgan fingerprint density at radius 1 is 1.50 bits per heavy atom. The summed E-state index contributed by atoms with van der Waals surface area (Å²) in [5.74, 6) is -0.468. The van der Waals surface area contributed by atoms with Crippen molar-refractivity contribution in [2.45, 2.75) is 26.7 Å². The van der Waals surface area contributed by atoms with E-state index in [-0.39, 0.29) is 17.0 Å². The summed E-state index contributed by atoms with van der Waals surface area (Å²) in [5.41, 5.74) is 0.196. The first-order chi connectivity index (χ1) is 7.52. The van der Waals surface area contributed by atoms with E-state index >= 15 is 0 Å². The van der Waals surface area contributed by atoms with Crippen LogP contribution in [0.3, 0.4) is 0 Å². The highest BCUT2D eigenvalue weighted by Gasteiger charge is 2.43. The first-order valence-corrected chi connectivity index (χ1v) is 5.51. The van der Waals surface area contributed by atoms with Gasteiger partial charge >= 0.3 is 0 Å². The lowest BCUT2D eigenvalue weighted by atomic mass is 9.87. The minimum absolute atomic E-state index is 0.0707. The van der Waals surface area contributed by atoms with Gasteiger partial charge in [-0.25, -0.2) is 0 Å². The summed E-state index contributed by atoms with van der Waals surface area (Å²) >= 11 is 0. The average molecular weight is 217 g/mol.